The van der Waals surface area contributed by atoms with Crippen LogP contribution in [-0.4, -0.2) is 39.1 Å². The zero-order chi connectivity index (χ0) is 20.6. The third-order valence-corrected chi connectivity index (χ3v) is 5.67. The Kier molecular flexibility index (Phi) is 5.20. The molecule has 1 heterocycles. The van der Waals surface area contributed by atoms with Gasteiger partial charge in [-0.25, -0.2) is 22.0 Å². The number of ketones is 1. The second-order valence-corrected chi connectivity index (χ2v) is 8.44. The summed E-state index contributed by atoms with van der Waals surface area (Å²) in [5.74, 6) is -3.70. The van der Waals surface area contributed by atoms with Crippen LogP contribution in [0, 0.1) is 11.6 Å². The Hall–Kier alpha value is -2.81. The van der Waals surface area contributed by atoms with Gasteiger partial charge in [0.25, 0.3) is 0 Å². The van der Waals surface area contributed by atoms with Crippen molar-refractivity contribution >= 4 is 27.5 Å². The fourth-order valence-electron chi connectivity index (χ4n) is 3.20. The van der Waals surface area contributed by atoms with Crippen molar-refractivity contribution in [1.29, 1.82) is 0 Å². The summed E-state index contributed by atoms with van der Waals surface area (Å²) in [6.45, 7) is 1.13. The molecule has 0 spiro atoms. The van der Waals surface area contributed by atoms with Crippen molar-refractivity contribution in [3.05, 3.63) is 64.7 Å². The van der Waals surface area contributed by atoms with Gasteiger partial charge in [-0.05, 0) is 55.3 Å². The van der Waals surface area contributed by atoms with Crippen LogP contribution in [0.1, 0.15) is 33.2 Å². The maximum atomic E-state index is 13.2. The zero-order valence-electron chi connectivity index (χ0n) is 15.1. The number of ether oxygens (including phenoxy) is 1. The molecule has 2 aromatic rings. The molecule has 0 aromatic heterocycles. The van der Waals surface area contributed by atoms with Crippen molar-refractivity contribution in [2.45, 2.75) is 19.4 Å². The lowest BCUT2D eigenvalue weighted by Crippen LogP contribution is -2.34. The molecule has 148 valence electrons. The van der Waals surface area contributed by atoms with Gasteiger partial charge in [0.1, 0.15) is 0 Å². The van der Waals surface area contributed by atoms with E-state index in [1.807, 2.05) is 0 Å². The second kappa shape index (κ2) is 7.31. The molecule has 1 aliphatic heterocycles. The van der Waals surface area contributed by atoms with Crippen molar-refractivity contribution in [3.8, 4) is 0 Å². The minimum absolute atomic E-state index is 0.113. The fourth-order valence-corrected chi connectivity index (χ4v) is 4.47. The first-order valence-electron chi connectivity index (χ1n) is 8.35. The molecule has 2 aromatic carbocycles. The summed E-state index contributed by atoms with van der Waals surface area (Å²) in [7, 11) is -3.44. The Morgan fingerprint density at radius 1 is 1.11 bits per heavy atom. The van der Waals surface area contributed by atoms with Crippen LogP contribution in [0.5, 0.6) is 0 Å². The highest BCUT2D eigenvalue weighted by Crippen LogP contribution is 2.34. The summed E-state index contributed by atoms with van der Waals surface area (Å²) < 4.78 is 56.2. The van der Waals surface area contributed by atoms with Crippen LogP contribution in [0.4, 0.5) is 14.5 Å². The van der Waals surface area contributed by atoms with Gasteiger partial charge in [0, 0.05) is 11.6 Å². The van der Waals surface area contributed by atoms with Crippen molar-refractivity contribution < 1.29 is 31.5 Å². The molecule has 3 rings (SSSR count). The van der Waals surface area contributed by atoms with E-state index in [2.05, 4.69) is 0 Å². The third-order valence-electron chi connectivity index (χ3n) is 4.40. The summed E-state index contributed by atoms with van der Waals surface area (Å²) in [6, 6.07) is 6.85. The van der Waals surface area contributed by atoms with Gasteiger partial charge in [-0.15, -0.1) is 0 Å². The normalized spacial score (nSPS) is 16.0. The Morgan fingerprint density at radius 3 is 2.43 bits per heavy atom. The number of Topliss-reactive ketones (excluding diaryl/α,β-unsaturated/α-hetero) is 1. The van der Waals surface area contributed by atoms with Crippen LogP contribution in [0.3, 0.4) is 0 Å². The standard InChI is InChI=1S/C19H17F2NO5S/c1-11-7-14-8-13(4-6-17(14)22(11)28(2,25)26)19(24)27-10-18(23)12-3-5-15(20)16(21)9-12/h3-6,8-9,11H,7,10H2,1-2H3/t11-/m1/s1. The van der Waals surface area contributed by atoms with E-state index in [0.29, 0.717) is 17.7 Å². The smallest absolute Gasteiger partial charge is 0.338 e. The molecule has 9 heteroatoms. The number of carbonyl (C=O) groups excluding carboxylic acids is 2. The number of sulfonamides is 1. The SMILES string of the molecule is C[C@@H]1Cc2cc(C(=O)OCC(=O)c3ccc(F)c(F)c3)ccc2N1S(C)(=O)=O. The average Bonchev–Trinajstić information content (AvgIpc) is 2.96. The molecule has 1 aliphatic rings. The van der Waals surface area contributed by atoms with E-state index in [0.717, 1.165) is 24.5 Å². The molecule has 0 fully saturated rings. The first-order valence-corrected chi connectivity index (χ1v) is 10.2. The van der Waals surface area contributed by atoms with Gasteiger partial charge in [0.05, 0.1) is 17.5 Å². The first kappa shape index (κ1) is 19.9. The molecule has 0 radical (unpaired) electrons. The van der Waals surface area contributed by atoms with Crippen LogP contribution in [0.25, 0.3) is 0 Å². The largest absolute Gasteiger partial charge is 0.454 e. The van der Waals surface area contributed by atoms with Gasteiger partial charge < -0.3 is 4.74 Å². The fraction of sp³-hybridized carbons (Fsp3) is 0.263. The van der Waals surface area contributed by atoms with Crippen LogP contribution >= 0.6 is 0 Å². The first-order chi connectivity index (χ1) is 13.1. The quantitative estimate of drug-likeness (QED) is 0.560. The maximum Gasteiger partial charge on any atom is 0.338 e. The van der Waals surface area contributed by atoms with Crippen molar-refractivity contribution in [1.82, 2.24) is 0 Å². The predicted octanol–water partition coefficient (Wildman–Crippen LogP) is 2.72. The Balaban J connectivity index is 1.71. The van der Waals surface area contributed by atoms with Crippen molar-refractivity contribution in [3.63, 3.8) is 0 Å². The maximum absolute atomic E-state index is 13.2. The number of benzene rings is 2. The molecule has 0 bridgehead atoms. The highest BCUT2D eigenvalue weighted by atomic mass is 32.2. The Bertz CT molecular complexity index is 1070. The van der Waals surface area contributed by atoms with Gasteiger partial charge in [0.15, 0.2) is 24.0 Å². The highest BCUT2D eigenvalue weighted by molar-refractivity contribution is 7.92. The Labute approximate surface area is 160 Å². The Morgan fingerprint density at radius 2 is 1.79 bits per heavy atom. The molecule has 28 heavy (non-hydrogen) atoms. The zero-order valence-corrected chi connectivity index (χ0v) is 15.9. The minimum atomic E-state index is -3.44. The number of rotatable bonds is 5. The van der Waals surface area contributed by atoms with E-state index in [9.17, 15) is 26.8 Å². The predicted molar refractivity (Wildman–Crippen MR) is 97.9 cm³/mol. The highest BCUT2D eigenvalue weighted by Gasteiger charge is 2.33. The number of halogens is 2. The van der Waals surface area contributed by atoms with Crippen LogP contribution < -0.4 is 4.31 Å². The average molecular weight is 409 g/mol. The minimum Gasteiger partial charge on any atom is -0.454 e. The van der Waals surface area contributed by atoms with E-state index in [1.165, 1.54) is 22.5 Å². The second-order valence-electron chi connectivity index (χ2n) is 6.58. The summed E-state index contributed by atoms with van der Waals surface area (Å²) in [5.41, 5.74) is 1.24. The van der Waals surface area contributed by atoms with Crippen molar-refractivity contribution in [2.75, 3.05) is 17.2 Å². The molecule has 0 amide bonds. The number of fused-ring (bicyclic) bond motifs is 1. The van der Waals surface area contributed by atoms with E-state index < -0.39 is 40.0 Å². The number of nitrogens with zero attached hydrogens (tertiary/aromatic N) is 1. The summed E-state index contributed by atoms with van der Waals surface area (Å²) >= 11 is 0. The number of hydrogen-bond acceptors (Lipinski definition) is 5. The molecular weight excluding hydrogens is 392 g/mol. The number of anilines is 1. The van der Waals surface area contributed by atoms with Crippen LogP contribution in [0.2, 0.25) is 0 Å². The van der Waals surface area contributed by atoms with Gasteiger partial charge in [-0.3, -0.25) is 9.10 Å². The summed E-state index contributed by atoms with van der Waals surface area (Å²) in [6.07, 6.45) is 1.56. The lowest BCUT2D eigenvalue weighted by atomic mass is 10.1. The van der Waals surface area contributed by atoms with Gasteiger partial charge >= 0.3 is 5.97 Å². The molecule has 0 unspecified atom stereocenters. The van der Waals surface area contributed by atoms with E-state index in [1.54, 1.807) is 6.92 Å². The van der Waals surface area contributed by atoms with Crippen LogP contribution in [-0.2, 0) is 21.2 Å². The number of carbonyl (C=O) groups is 2. The summed E-state index contributed by atoms with van der Waals surface area (Å²) in [5, 5.41) is 0. The summed E-state index contributed by atoms with van der Waals surface area (Å²) in [4.78, 5) is 24.2. The van der Waals surface area contributed by atoms with Gasteiger partial charge in [-0.1, -0.05) is 0 Å². The molecule has 6 nitrogen and oxygen atoms in total. The van der Waals surface area contributed by atoms with Crippen molar-refractivity contribution in [2.24, 2.45) is 0 Å². The van der Waals surface area contributed by atoms with E-state index in [4.69, 9.17) is 4.74 Å². The van der Waals surface area contributed by atoms with Gasteiger partial charge in [-0.2, -0.15) is 0 Å². The molecule has 0 N–H and O–H groups in total. The lowest BCUT2D eigenvalue weighted by molar-refractivity contribution is 0.0474. The number of hydrogen-bond donors (Lipinski definition) is 0. The third kappa shape index (κ3) is 3.89. The van der Waals surface area contributed by atoms with E-state index in [-0.39, 0.29) is 17.2 Å². The molecule has 0 aliphatic carbocycles. The molecule has 1 atom stereocenters. The molecule has 0 saturated heterocycles. The number of esters is 1. The van der Waals surface area contributed by atoms with Crippen LogP contribution in [0.15, 0.2) is 36.4 Å². The molecular formula is C19H17F2NO5S. The van der Waals surface area contributed by atoms with E-state index >= 15 is 0 Å². The van der Waals surface area contributed by atoms with Gasteiger partial charge in [0.2, 0.25) is 10.0 Å². The monoisotopic (exact) mass is 409 g/mol. The lowest BCUT2D eigenvalue weighted by Gasteiger charge is -2.21. The molecule has 0 saturated carbocycles. The topological polar surface area (TPSA) is 80.8 Å².